The van der Waals surface area contributed by atoms with Crippen LogP contribution in [0.3, 0.4) is 0 Å². The van der Waals surface area contributed by atoms with Gasteiger partial charge in [-0.05, 0) is 50.5 Å². The van der Waals surface area contributed by atoms with E-state index in [1.54, 1.807) is 0 Å². The predicted molar refractivity (Wildman–Crippen MR) is 120 cm³/mol. The largest absolute Gasteiger partial charge is 0.491 e. The molecule has 1 fully saturated rings. The van der Waals surface area contributed by atoms with Crippen LogP contribution in [0.4, 0.5) is 0 Å². The first-order valence-corrected chi connectivity index (χ1v) is 10.4. The highest BCUT2D eigenvalue weighted by atomic mass is 35.5. The van der Waals surface area contributed by atoms with Gasteiger partial charge in [0.15, 0.2) is 0 Å². The average Bonchev–Trinajstić information content (AvgIpc) is 3.06. The van der Waals surface area contributed by atoms with Gasteiger partial charge in [0.05, 0.1) is 17.6 Å². The smallest absolute Gasteiger partial charge is 0.122 e. The standard InChI is InChI=1S/C24H30N2O2.ClH/c1-17-12-13-23(18(2)14-17)28-16-20(27)15-26-22-11-7-6-10-21(22)25-24(26)19-8-4-3-5-9-19;/h6-7,10-14,19-20,27H,3-5,8-9,15-16H2,1-2H3;1H. The van der Waals surface area contributed by atoms with Crippen LogP contribution in [-0.2, 0) is 6.54 Å². The molecule has 1 atom stereocenters. The molecule has 156 valence electrons. The summed E-state index contributed by atoms with van der Waals surface area (Å²) in [6.45, 7) is 4.90. The van der Waals surface area contributed by atoms with Gasteiger partial charge in [-0.1, -0.05) is 49.1 Å². The first-order chi connectivity index (χ1) is 13.6. The quantitative estimate of drug-likeness (QED) is 0.574. The van der Waals surface area contributed by atoms with Gasteiger partial charge in [0.2, 0.25) is 0 Å². The summed E-state index contributed by atoms with van der Waals surface area (Å²) in [5.41, 5.74) is 4.44. The highest BCUT2D eigenvalue weighted by Crippen LogP contribution is 2.34. The van der Waals surface area contributed by atoms with Crippen LogP contribution in [0.15, 0.2) is 42.5 Å². The van der Waals surface area contributed by atoms with Gasteiger partial charge in [0.25, 0.3) is 0 Å². The number of para-hydroxylation sites is 2. The number of aromatic nitrogens is 2. The third kappa shape index (κ3) is 4.93. The van der Waals surface area contributed by atoms with Crippen molar-refractivity contribution in [2.75, 3.05) is 6.61 Å². The number of aryl methyl sites for hydroxylation is 2. The van der Waals surface area contributed by atoms with Crippen molar-refractivity contribution in [1.82, 2.24) is 9.55 Å². The fourth-order valence-electron chi connectivity index (χ4n) is 4.37. The van der Waals surface area contributed by atoms with Crippen molar-refractivity contribution in [2.24, 2.45) is 0 Å². The molecule has 1 aliphatic carbocycles. The zero-order valence-electron chi connectivity index (χ0n) is 17.3. The molecule has 1 unspecified atom stereocenters. The van der Waals surface area contributed by atoms with E-state index in [0.29, 0.717) is 12.5 Å². The van der Waals surface area contributed by atoms with Crippen molar-refractivity contribution < 1.29 is 9.84 Å². The Labute approximate surface area is 179 Å². The minimum Gasteiger partial charge on any atom is -0.491 e. The number of fused-ring (bicyclic) bond motifs is 1. The van der Waals surface area contributed by atoms with Crippen LogP contribution in [0.2, 0.25) is 0 Å². The number of ether oxygens (including phenoxy) is 1. The molecule has 1 N–H and O–H groups in total. The highest BCUT2D eigenvalue weighted by molar-refractivity contribution is 5.85. The van der Waals surface area contributed by atoms with E-state index in [4.69, 9.17) is 9.72 Å². The third-order valence-corrected chi connectivity index (χ3v) is 5.81. The molecular formula is C24H31ClN2O2. The third-order valence-electron chi connectivity index (χ3n) is 5.81. The first-order valence-electron chi connectivity index (χ1n) is 10.4. The van der Waals surface area contributed by atoms with Crippen LogP contribution in [0.1, 0.15) is 55.0 Å². The Bertz CT molecular complexity index is 947. The summed E-state index contributed by atoms with van der Waals surface area (Å²) in [6.07, 6.45) is 5.67. The molecule has 1 aliphatic rings. The summed E-state index contributed by atoms with van der Waals surface area (Å²) in [6, 6.07) is 14.4. The monoisotopic (exact) mass is 414 g/mol. The first kappa shape index (κ1) is 21.7. The highest BCUT2D eigenvalue weighted by Gasteiger charge is 2.23. The average molecular weight is 415 g/mol. The van der Waals surface area contributed by atoms with Crippen LogP contribution < -0.4 is 4.74 Å². The molecule has 0 spiro atoms. The Kier molecular flexibility index (Phi) is 7.20. The minimum atomic E-state index is -0.583. The summed E-state index contributed by atoms with van der Waals surface area (Å²) in [4.78, 5) is 4.94. The Hall–Kier alpha value is -2.04. The summed E-state index contributed by atoms with van der Waals surface area (Å²) >= 11 is 0. The summed E-state index contributed by atoms with van der Waals surface area (Å²) in [5, 5.41) is 10.7. The number of hydrogen-bond acceptors (Lipinski definition) is 3. The predicted octanol–water partition coefficient (Wildman–Crippen LogP) is 5.56. The van der Waals surface area contributed by atoms with Crippen LogP contribution in [-0.4, -0.2) is 27.4 Å². The molecule has 0 bridgehead atoms. The number of rotatable bonds is 6. The molecule has 4 rings (SSSR count). The molecule has 3 aromatic rings. The van der Waals surface area contributed by atoms with Gasteiger partial charge in [-0.3, -0.25) is 0 Å². The van der Waals surface area contributed by atoms with Crippen LogP contribution in [0.5, 0.6) is 5.75 Å². The van der Waals surface area contributed by atoms with Gasteiger partial charge in [0.1, 0.15) is 24.3 Å². The van der Waals surface area contributed by atoms with E-state index in [2.05, 4.69) is 29.7 Å². The zero-order valence-corrected chi connectivity index (χ0v) is 18.1. The number of imidazole rings is 1. The Morgan fingerprint density at radius 1 is 1.10 bits per heavy atom. The molecule has 1 aromatic heterocycles. The lowest BCUT2D eigenvalue weighted by molar-refractivity contribution is 0.0919. The van der Waals surface area contributed by atoms with Crippen LogP contribution in [0, 0.1) is 13.8 Å². The van der Waals surface area contributed by atoms with Crippen molar-refractivity contribution in [1.29, 1.82) is 0 Å². The molecule has 1 saturated carbocycles. The van der Waals surface area contributed by atoms with Gasteiger partial charge in [0, 0.05) is 5.92 Å². The molecule has 0 amide bonds. The fourth-order valence-corrected chi connectivity index (χ4v) is 4.37. The molecule has 2 aromatic carbocycles. The molecule has 0 radical (unpaired) electrons. The number of nitrogens with zero attached hydrogens (tertiary/aromatic N) is 2. The summed E-state index contributed by atoms with van der Waals surface area (Å²) in [5.74, 6) is 2.47. The van der Waals surface area contributed by atoms with Crippen molar-refractivity contribution in [2.45, 2.75) is 64.5 Å². The van der Waals surface area contributed by atoms with Crippen molar-refractivity contribution in [3.63, 3.8) is 0 Å². The molecule has 0 saturated heterocycles. The zero-order chi connectivity index (χ0) is 19.5. The fraction of sp³-hybridized carbons (Fsp3) is 0.458. The number of hydrogen-bond donors (Lipinski definition) is 1. The Balaban J connectivity index is 0.00000240. The maximum atomic E-state index is 10.7. The molecule has 29 heavy (non-hydrogen) atoms. The molecule has 5 heteroatoms. The van der Waals surface area contributed by atoms with Gasteiger partial charge in [-0.25, -0.2) is 4.98 Å². The lowest BCUT2D eigenvalue weighted by Crippen LogP contribution is -2.25. The SMILES string of the molecule is Cc1ccc(OCC(O)Cn2c(C3CCCCC3)nc3ccccc32)c(C)c1.Cl. The van der Waals surface area contributed by atoms with E-state index in [-0.39, 0.29) is 19.0 Å². The molecule has 0 aliphatic heterocycles. The van der Waals surface area contributed by atoms with E-state index in [1.165, 1.54) is 37.7 Å². The maximum Gasteiger partial charge on any atom is 0.122 e. The van der Waals surface area contributed by atoms with Crippen LogP contribution >= 0.6 is 12.4 Å². The Morgan fingerprint density at radius 3 is 2.62 bits per heavy atom. The summed E-state index contributed by atoms with van der Waals surface area (Å²) in [7, 11) is 0. The van der Waals surface area contributed by atoms with E-state index in [9.17, 15) is 5.11 Å². The molecular weight excluding hydrogens is 384 g/mol. The van der Waals surface area contributed by atoms with Gasteiger partial charge in [-0.2, -0.15) is 0 Å². The second-order valence-corrected chi connectivity index (χ2v) is 8.14. The second-order valence-electron chi connectivity index (χ2n) is 8.14. The number of benzene rings is 2. The van der Waals surface area contributed by atoms with Gasteiger partial charge < -0.3 is 14.4 Å². The molecule has 4 nitrogen and oxygen atoms in total. The Morgan fingerprint density at radius 2 is 1.86 bits per heavy atom. The lowest BCUT2D eigenvalue weighted by Gasteiger charge is -2.23. The minimum absolute atomic E-state index is 0. The lowest BCUT2D eigenvalue weighted by atomic mass is 9.88. The van der Waals surface area contributed by atoms with E-state index in [1.807, 2.05) is 31.2 Å². The van der Waals surface area contributed by atoms with Crippen LogP contribution in [0.25, 0.3) is 11.0 Å². The maximum absolute atomic E-state index is 10.7. The number of aliphatic hydroxyl groups is 1. The normalized spacial score (nSPS) is 15.8. The topological polar surface area (TPSA) is 47.3 Å². The number of halogens is 1. The number of aliphatic hydroxyl groups excluding tert-OH is 1. The van der Waals surface area contributed by atoms with Crippen molar-refractivity contribution in [3.05, 3.63) is 59.4 Å². The van der Waals surface area contributed by atoms with Crippen molar-refractivity contribution >= 4 is 23.4 Å². The van der Waals surface area contributed by atoms with E-state index in [0.717, 1.165) is 28.2 Å². The van der Waals surface area contributed by atoms with Gasteiger partial charge >= 0.3 is 0 Å². The van der Waals surface area contributed by atoms with E-state index >= 15 is 0 Å². The summed E-state index contributed by atoms with van der Waals surface area (Å²) < 4.78 is 8.14. The van der Waals surface area contributed by atoms with E-state index < -0.39 is 6.10 Å². The van der Waals surface area contributed by atoms with Crippen molar-refractivity contribution in [3.8, 4) is 5.75 Å². The second kappa shape index (κ2) is 9.64. The molecule has 1 heterocycles. The van der Waals surface area contributed by atoms with Gasteiger partial charge in [-0.15, -0.1) is 12.4 Å².